The van der Waals surface area contributed by atoms with E-state index in [1.54, 1.807) is 26.0 Å². The van der Waals surface area contributed by atoms with E-state index in [1.165, 1.54) is 12.5 Å². The second-order valence-electron chi connectivity index (χ2n) is 11.8. The Morgan fingerprint density at radius 1 is 0.936 bits per heavy atom. The number of nitrogens with zero attached hydrogens (tertiary/aromatic N) is 2. The normalized spacial score (nSPS) is 13.6. The monoisotopic (exact) mass is 647 g/mol. The van der Waals surface area contributed by atoms with E-state index in [0.717, 1.165) is 22.3 Å². The number of aromatic nitrogens is 1. The molecule has 0 aliphatic carbocycles. The summed E-state index contributed by atoms with van der Waals surface area (Å²) < 4.78 is 5.37. The lowest BCUT2D eigenvalue weighted by atomic mass is 9.86. The molecule has 1 aromatic heterocycles. The first-order valence-corrected chi connectivity index (χ1v) is 15.5. The van der Waals surface area contributed by atoms with Crippen molar-refractivity contribution in [1.82, 2.24) is 10.3 Å². The van der Waals surface area contributed by atoms with Gasteiger partial charge in [-0.1, -0.05) is 30.3 Å². The Balaban J connectivity index is 1.85. The molecule has 3 rings (SSSR count). The molecule has 2 aromatic carbocycles. The number of Topliss-reactive ketones (excluding diaryl/α,β-unsaturated/α-hetero) is 2. The minimum absolute atomic E-state index is 0.0580. The number of primary amides is 1. The van der Waals surface area contributed by atoms with Gasteiger partial charge in [-0.05, 0) is 73.9 Å². The molecular weight excluding hydrogens is 602 g/mol. The van der Waals surface area contributed by atoms with Crippen molar-refractivity contribution in [3.05, 3.63) is 83.1 Å². The van der Waals surface area contributed by atoms with Gasteiger partial charge in [-0.15, -0.1) is 0 Å². The zero-order valence-corrected chi connectivity index (χ0v) is 26.9. The number of aryl methyl sites for hydroxylation is 2. The van der Waals surface area contributed by atoms with Crippen LogP contribution in [0.2, 0.25) is 0 Å². The van der Waals surface area contributed by atoms with E-state index in [-0.39, 0.29) is 55.5 Å². The molecule has 2 amide bonds. The number of aliphatic imine (C=N–C) groups is 1. The number of guanidine groups is 1. The molecule has 0 saturated carbocycles. The Hall–Kier alpha value is -5.04. The number of rotatable bonds is 19. The molecular formula is C34H45N7O6. The predicted octanol–water partition coefficient (Wildman–Crippen LogP) is 1.53. The van der Waals surface area contributed by atoms with E-state index in [2.05, 4.69) is 15.3 Å². The highest BCUT2D eigenvalue weighted by atomic mass is 16.3. The fourth-order valence-corrected chi connectivity index (χ4v) is 5.49. The number of ketones is 2. The molecule has 47 heavy (non-hydrogen) atoms. The zero-order chi connectivity index (χ0) is 34.5. The van der Waals surface area contributed by atoms with Crippen LogP contribution in [-0.4, -0.2) is 58.1 Å². The van der Waals surface area contributed by atoms with Gasteiger partial charge in [0, 0.05) is 31.2 Å². The van der Waals surface area contributed by atoms with Crippen molar-refractivity contribution in [3.63, 3.8) is 0 Å². The molecule has 1 heterocycles. The standard InChI is InChI=1S/C34H45N7O6/c1-20-13-25(42)14-21(2)26(20)16-24(18-29(43)27(35)9-6-10-40-34(37)38)33(46)41-28(19-31-39-11-12-47-31)30(44)17-23(32(36)45)15-22-7-4-3-5-8-22/h3-5,7-8,11-14,23-24,27-28,42H,6,9-10,15-19,35H2,1-2H3,(H2,36,45)(H,41,46)(H4,37,38,40)/t23-,24-,27-,28+/m1/s1. The van der Waals surface area contributed by atoms with Crippen LogP contribution in [0.4, 0.5) is 0 Å². The quantitative estimate of drug-likeness (QED) is 0.0622. The van der Waals surface area contributed by atoms with Gasteiger partial charge in [0.1, 0.15) is 17.8 Å². The smallest absolute Gasteiger partial charge is 0.224 e. The van der Waals surface area contributed by atoms with Crippen molar-refractivity contribution in [2.45, 2.75) is 70.9 Å². The number of carbonyl (C=O) groups is 4. The van der Waals surface area contributed by atoms with Gasteiger partial charge >= 0.3 is 0 Å². The van der Waals surface area contributed by atoms with Gasteiger partial charge < -0.3 is 37.8 Å². The third kappa shape index (κ3) is 11.7. The average molecular weight is 648 g/mol. The first-order chi connectivity index (χ1) is 22.3. The van der Waals surface area contributed by atoms with Gasteiger partial charge in [-0.3, -0.25) is 24.2 Å². The van der Waals surface area contributed by atoms with E-state index in [0.29, 0.717) is 19.4 Å². The van der Waals surface area contributed by atoms with E-state index >= 15 is 0 Å². The minimum Gasteiger partial charge on any atom is -0.508 e. The molecule has 10 N–H and O–H groups in total. The summed E-state index contributed by atoms with van der Waals surface area (Å²) in [5, 5.41) is 12.9. The van der Waals surface area contributed by atoms with Crippen molar-refractivity contribution in [2.24, 2.45) is 39.8 Å². The van der Waals surface area contributed by atoms with Gasteiger partial charge in [0.05, 0.1) is 24.7 Å². The first-order valence-electron chi connectivity index (χ1n) is 15.5. The highest BCUT2D eigenvalue weighted by molar-refractivity contribution is 5.94. The van der Waals surface area contributed by atoms with Crippen molar-refractivity contribution in [3.8, 4) is 5.75 Å². The predicted molar refractivity (Wildman–Crippen MR) is 177 cm³/mol. The van der Waals surface area contributed by atoms with Gasteiger partial charge in [-0.25, -0.2) is 4.98 Å². The topological polar surface area (TPSA) is 243 Å². The molecule has 0 spiro atoms. The number of benzene rings is 2. The van der Waals surface area contributed by atoms with Crippen LogP contribution in [0, 0.1) is 25.7 Å². The number of phenolic OH excluding ortho intramolecular Hbond substituents is 1. The summed E-state index contributed by atoms with van der Waals surface area (Å²) in [6.45, 7) is 3.92. The lowest BCUT2D eigenvalue weighted by molar-refractivity contribution is -0.133. The minimum atomic E-state index is -1.12. The molecule has 4 atom stereocenters. The Morgan fingerprint density at radius 2 is 1.60 bits per heavy atom. The summed E-state index contributed by atoms with van der Waals surface area (Å²) >= 11 is 0. The molecule has 3 aromatic rings. The number of nitrogens with two attached hydrogens (primary N) is 4. The lowest BCUT2D eigenvalue weighted by Gasteiger charge is -2.24. The zero-order valence-electron chi connectivity index (χ0n) is 26.9. The molecule has 13 nitrogen and oxygen atoms in total. The van der Waals surface area contributed by atoms with Crippen molar-refractivity contribution >= 4 is 29.3 Å². The second kappa shape index (κ2) is 17.6. The maximum absolute atomic E-state index is 14.0. The molecule has 0 aliphatic rings. The molecule has 0 unspecified atom stereocenters. The number of nitrogens with one attached hydrogen (secondary N) is 1. The van der Waals surface area contributed by atoms with Gasteiger partial charge in [0.25, 0.3) is 0 Å². The highest BCUT2D eigenvalue weighted by Crippen LogP contribution is 2.26. The Morgan fingerprint density at radius 3 is 2.19 bits per heavy atom. The van der Waals surface area contributed by atoms with Crippen LogP contribution in [0.25, 0.3) is 0 Å². The van der Waals surface area contributed by atoms with Crippen LogP contribution in [0.1, 0.15) is 53.8 Å². The Labute approximate surface area is 274 Å². The molecule has 0 aliphatic heterocycles. The van der Waals surface area contributed by atoms with Crippen LogP contribution in [0.15, 0.2) is 64.3 Å². The van der Waals surface area contributed by atoms with Crippen LogP contribution < -0.4 is 28.3 Å². The summed E-state index contributed by atoms with van der Waals surface area (Å²) in [5.74, 6) is -3.46. The van der Waals surface area contributed by atoms with Gasteiger partial charge in [0.2, 0.25) is 11.8 Å². The molecule has 0 radical (unpaired) electrons. The van der Waals surface area contributed by atoms with Gasteiger partial charge in [-0.2, -0.15) is 0 Å². The molecule has 13 heteroatoms. The lowest BCUT2D eigenvalue weighted by Crippen LogP contribution is -2.47. The first kappa shape index (κ1) is 36.4. The Bertz CT molecular complexity index is 1510. The molecule has 0 bridgehead atoms. The summed E-state index contributed by atoms with van der Waals surface area (Å²) in [4.78, 5) is 61.4. The highest BCUT2D eigenvalue weighted by Gasteiger charge is 2.32. The van der Waals surface area contributed by atoms with E-state index in [4.69, 9.17) is 27.4 Å². The maximum Gasteiger partial charge on any atom is 0.224 e. The van der Waals surface area contributed by atoms with Crippen molar-refractivity contribution in [1.29, 1.82) is 0 Å². The Kier molecular flexibility index (Phi) is 13.6. The van der Waals surface area contributed by atoms with Gasteiger partial charge in [0.15, 0.2) is 17.6 Å². The van der Waals surface area contributed by atoms with Crippen molar-refractivity contribution < 1.29 is 28.7 Å². The molecule has 0 fully saturated rings. The largest absolute Gasteiger partial charge is 0.508 e. The molecule has 0 saturated heterocycles. The van der Waals surface area contributed by atoms with Crippen LogP contribution >= 0.6 is 0 Å². The van der Waals surface area contributed by atoms with Crippen molar-refractivity contribution in [2.75, 3.05) is 6.54 Å². The maximum atomic E-state index is 14.0. The summed E-state index contributed by atoms with van der Waals surface area (Å²) in [6, 6.07) is 10.4. The van der Waals surface area contributed by atoms with Crippen LogP contribution in [0.3, 0.4) is 0 Å². The number of hydrogen-bond donors (Lipinski definition) is 6. The number of carbonyl (C=O) groups excluding carboxylic acids is 4. The third-order valence-corrected chi connectivity index (χ3v) is 8.07. The summed E-state index contributed by atoms with van der Waals surface area (Å²) in [6.07, 6.45) is 3.45. The fraction of sp³-hybridized carbons (Fsp3) is 0.412. The number of hydrogen-bond acceptors (Lipinski definition) is 9. The summed E-state index contributed by atoms with van der Waals surface area (Å²) in [7, 11) is 0. The number of oxazole rings is 1. The number of amides is 2. The van der Waals surface area contributed by atoms with Crippen LogP contribution in [0.5, 0.6) is 5.75 Å². The average Bonchev–Trinajstić information content (AvgIpc) is 3.53. The second-order valence-corrected chi connectivity index (χ2v) is 11.8. The van der Waals surface area contributed by atoms with E-state index < -0.39 is 41.5 Å². The van der Waals surface area contributed by atoms with E-state index in [9.17, 15) is 24.3 Å². The van der Waals surface area contributed by atoms with Crippen LogP contribution in [-0.2, 0) is 38.4 Å². The number of aromatic hydroxyl groups is 1. The van der Waals surface area contributed by atoms with E-state index in [1.807, 2.05) is 30.3 Å². The molecule has 252 valence electrons. The fourth-order valence-electron chi connectivity index (χ4n) is 5.49. The number of phenols is 1. The summed E-state index contributed by atoms with van der Waals surface area (Å²) in [5.41, 5.74) is 25.7. The third-order valence-electron chi connectivity index (χ3n) is 8.07. The SMILES string of the molecule is Cc1cc(O)cc(C)c1C[C@H](CC(=O)[C@H](N)CCCN=C(N)N)C(=O)N[C@@H](Cc1ncco1)C(=O)C[C@@H](Cc1ccccc1)C(N)=O.